The lowest BCUT2D eigenvalue weighted by Gasteiger charge is -2.30. The molecule has 98 valence electrons. The quantitative estimate of drug-likeness (QED) is 0.804. The van der Waals surface area contributed by atoms with E-state index >= 15 is 0 Å². The van der Waals surface area contributed by atoms with Gasteiger partial charge in [0.2, 0.25) is 0 Å². The van der Waals surface area contributed by atoms with E-state index < -0.39 is 11.9 Å². The summed E-state index contributed by atoms with van der Waals surface area (Å²) < 4.78 is 0.986. The molecule has 18 heavy (non-hydrogen) atoms. The van der Waals surface area contributed by atoms with Crippen molar-refractivity contribution < 1.29 is 14.7 Å². The van der Waals surface area contributed by atoms with Gasteiger partial charge in [0, 0.05) is 16.7 Å². The van der Waals surface area contributed by atoms with Gasteiger partial charge in [0.05, 0.1) is 5.92 Å². The second kappa shape index (κ2) is 5.56. The van der Waals surface area contributed by atoms with Crippen molar-refractivity contribution in [2.24, 2.45) is 5.92 Å². The van der Waals surface area contributed by atoms with Gasteiger partial charge in [-0.2, -0.15) is 0 Å². The zero-order valence-corrected chi connectivity index (χ0v) is 13.0. The Morgan fingerprint density at radius 1 is 1.56 bits per heavy atom. The number of hydrogen-bond acceptors (Lipinski definition) is 3. The monoisotopic (exact) mass is 379 g/mol. The van der Waals surface area contributed by atoms with Crippen LogP contribution in [0.3, 0.4) is 0 Å². The largest absolute Gasteiger partial charge is 0.481 e. The molecule has 0 radical (unpaired) electrons. The van der Waals surface area contributed by atoms with Crippen molar-refractivity contribution in [1.82, 2.24) is 4.90 Å². The Morgan fingerprint density at radius 2 is 2.28 bits per heavy atom. The average Bonchev–Trinajstić information content (AvgIpc) is 2.69. The highest BCUT2D eigenvalue weighted by Gasteiger charge is 2.30. The van der Waals surface area contributed by atoms with Crippen molar-refractivity contribution in [2.75, 3.05) is 13.1 Å². The number of hydrogen-bond donors (Lipinski definition) is 1. The van der Waals surface area contributed by atoms with Gasteiger partial charge < -0.3 is 10.0 Å². The Hall–Kier alpha value is -0.630. The molecule has 1 amide bonds. The van der Waals surface area contributed by atoms with Gasteiger partial charge in [0.15, 0.2) is 0 Å². The molecule has 1 aromatic heterocycles. The predicted molar refractivity (Wildman–Crippen MR) is 78.0 cm³/mol. The molecular formula is C12H14INO3S. The first-order valence-corrected chi connectivity index (χ1v) is 7.72. The zero-order chi connectivity index (χ0) is 13.3. The number of likely N-dealkylation sites (tertiary alicyclic amines) is 1. The maximum atomic E-state index is 12.3. The summed E-state index contributed by atoms with van der Waals surface area (Å²) in [5.41, 5.74) is 1.11. The van der Waals surface area contributed by atoms with Gasteiger partial charge in [0.25, 0.3) is 5.91 Å². The number of rotatable bonds is 2. The molecule has 0 bridgehead atoms. The Balaban J connectivity index is 2.14. The molecular weight excluding hydrogens is 365 g/mol. The van der Waals surface area contributed by atoms with E-state index in [1.54, 1.807) is 4.90 Å². The van der Waals surface area contributed by atoms with Crippen LogP contribution in [0, 0.1) is 16.4 Å². The second-order valence-electron chi connectivity index (χ2n) is 4.49. The van der Waals surface area contributed by atoms with Gasteiger partial charge in [-0.15, -0.1) is 11.3 Å². The Kier molecular flexibility index (Phi) is 4.26. The molecule has 0 saturated carbocycles. The minimum absolute atomic E-state index is 0.0246. The van der Waals surface area contributed by atoms with E-state index in [-0.39, 0.29) is 5.91 Å². The number of aryl methyl sites for hydroxylation is 1. The number of carbonyl (C=O) groups is 2. The Bertz CT molecular complexity index is 486. The molecule has 1 N–H and O–H groups in total. The van der Waals surface area contributed by atoms with Crippen LogP contribution >= 0.6 is 33.9 Å². The number of halogens is 1. The first kappa shape index (κ1) is 13.8. The van der Waals surface area contributed by atoms with Gasteiger partial charge in [-0.3, -0.25) is 9.59 Å². The van der Waals surface area contributed by atoms with E-state index in [2.05, 4.69) is 22.6 Å². The van der Waals surface area contributed by atoms with Crippen LogP contribution in [0.15, 0.2) is 5.38 Å². The van der Waals surface area contributed by atoms with Crippen molar-refractivity contribution in [2.45, 2.75) is 19.8 Å². The van der Waals surface area contributed by atoms with E-state index in [4.69, 9.17) is 5.11 Å². The van der Waals surface area contributed by atoms with E-state index in [9.17, 15) is 9.59 Å². The second-order valence-corrected chi connectivity index (χ2v) is 6.45. The predicted octanol–water partition coefficient (Wildman–Crippen LogP) is 2.60. The van der Waals surface area contributed by atoms with Crippen molar-refractivity contribution in [3.63, 3.8) is 0 Å². The minimum Gasteiger partial charge on any atom is -0.481 e. The van der Waals surface area contributed by atoms with Crippen LogP contribution in [0.1, 0.15) is 28.1 Å². The van der Waals surface area contributed by atoms with Crippen molar-refractivity contribution in [1.29, 1.82) is 0 Å². The summed E-state index contributed by atoms with van der Waals surface area (Å²) in [6.07, 6.45) is 1.43. The number of aliphatic carboxylic acids is 1. The number of carboxylic acid groups (broad SMARTS) is 1. The standard InChI is InChI=1S/C12H14INO3S/c1-7-6-18-10(9(7)13)11(15)14-4-2-3-8(5-14)12(16)17/h6,8H,2-5H2,1H3,(H,16,17). The van der Waals surface area contributed by atoms with E-state index in [1.165, 1.54) is 11.3 Å². The van der Waals surface area contributed by atoms with Crippen molar-refractivity contribution in [3.05, 3.63) is 19.4 Å². The summed E-state index contributed by atoms with van der Waals surface area (Å²) in [4.78, 5) is 25.7. The summed E-state index contributed by atoms with van der Waals surface area (Å²) >= 11 is 3.62. The molecule has 1 saturated heterocycles. The summed E-state index contributed by atoms with van der Waals surface area (Å²) in [6.45, 7) is 2.97. The van der Waals surface area contributed by atoms with Crippen LogP contribution in [0.5, 0.6) is 0 Å². The highest BCUT2D eigenvalue weighted by molar-refractivity contribution is 14.1. The number of thiophene rings is 1. The van der Waals surface area contributed by atoms with Crippen LogP contribution in [0.2, 0.25) is 0 Å². The molecule has 1 aliphatic heterocycles. The third kappa shape index (κ3) is 2.69. The van der Waals surface area contributed by atoms with Crippen molar-refractivity contribution in [3.8, 4) is 0 Å². The number of carboxylic acids is 1. The molecule has 1 aromatic rings. The van der Waals surface area contributed by atoms with E-state index in [1.807, 2.05) is 12.3 Å². The van der Waals surface area contributed by atoms with Crippen LogP contribution in [0.4, 0.5) is 0 Å². The molecule has 1 unspecified atom stereocenters. The van der Waals surface area contributed by atoms with Gasteiger partial charge in [-0.1, -0.05) is 0 Å². The molecule has 0 spiro atoms. The van der Waals surface area contributed by atoms with Crippen LogP contribution in [-0.4, -0.2) is 35.0 Å². The summed E-state index contributed by atoms with van der Waals surface area (Å²) in [6, 6.07) is 0. The first-order chi connectivity index (χ1) is 8.50. The summed E-state index contributed by atoms with van der Waals surface area (Å²) in [7, 11) is 0. The molecule has 1 atom stereocenters. The van der Waals surface area contributed by atoms with Crippen LogP contribution in [-0.2, 0) is 4.79 Å². The molecule has 1 fully saturated rings. The number of carbonyl (C=O) groups excluding carboxylic acids is 1. The van der Waals surface area contributed by atoms with Crippen LogP contribution in [0.25, 0.3) is 0 Å². The summed E-state index contributed by atoms with van der Waals surface area (Å²) in [5, 5.41) is 11.0. The fourth-order valence-electron chi connectivity index (χ4n) is 2.08. The SMILES string of the molecule is Cc1csc(C(=O)N2CCCC(C(=O)O)C2)c1I. The Morgan fingerprint density at radius 3 is 2.83 bits per heavy atom. The van der Waals surface area contributed by atoms with Gasteiger partial charge in [-0.05, 0) is 53.3 Å². The molecule has 0 aliphatic carbocycles. The average molecular weight is 379 g/mol. The maximum Gasteiger partial charge on any atom is 0.308 e. The highest BCUT2D eigenvalue weighted by atomic mass is 127. The lowest BCUT2D eigenvalue weighted by molar-refractivity contribution is -0.143. The minimum atomic E-state index is -0.801. The van der Waals surface area contributed by atoms with Crippen LogP contribution < -0.4 is 0 Å². The maximum absolute atomic E-state index is 12.3. The fourth-order valence-corrected chi connectivity index (χ4v) is 3.97. The molecule has 0 aromatic carbocycles. The fraction of sp³-hybridized carbons (Fsp3) is 0.500. The lowest BCUT2D eigenvalue weighted by atomic mass is 9.98. The Labute approximate surface area is 123 Å². The zero-order valence-electron chi connectivity index (χ0n) is 9.98. The highest BCUT2D eigenvalue weighted by Crippen LogP contribution is 2.27. The van der Waals surface area contributed by atoms with E-state index in [0.29, 0.717) is 19.5 Å². The topological polar surface area (TPSA) is 57.6 Å². The van der Waals surface area contributed by atoms with Crippen molar-refractivity contribution >= 4 is 45.8 Å². The molecule has 2 rings (SSSR count). The van der Waals surface area contributed by atoms with Gasteiger partial charge >= 0.3 is 5.97 Å². The molecule has 6 heteroatoms. The van der Waals surface area contributed by atoms with Gasteiger partial charge in [0.1, 0.15) is 4.88 Å². The first-order valence-electron chi connectivity index (χ1n) is 5.76. The lowest BCUT2D eigenvalue weighted by Crippen LogP contribution is -2.42. The van der Waals surface area contributed by atoms with Gasteiger partial charge in [-0.25, -0.2) is 0 Å². The number of nitrogens with zero attached hydrogens (tertiary/aromatic N) is 1. The number of amides is 1. The molecule has 1 aliphatic rings. The van der Waals surface area contributed by atoms with E-state index in [0.717, 1.165) is 20.4 Å². The third-order valence-electron chi connectivity index (χ3n) is 3.15. The number of piperidine rings is 1. The third-order valence-corrected chi connectivity index (χ3v) is 5.99. The molecule has 2 heterocycles. The smallest absolute Gasteiger partial charge is 0.308 e. The normalized spacial score (nSPS) is 19.9. The molecule has 4 nitrogen and oxygen atoms in total. The summed E-state index contributed by atoms with van der Waals surface area (Å²) in [5.74, 6) is -1.24.